The second-order valence-corrected chi connectivity index (χ2v) is 6.40. The highest BCUT2D eigenvalue weighted by Gasteiger charge is 2.24. The van der Waals surface area contributed by atoms with Crippen LogP contribution in [-0.4, -0.2) is 29.2 Å². The van der Waals surface area contributed by atoms with Gasteiger partial charge >= 0.3 is 5.97 Å². The summed E-state index contributed by atoms with van der Waals surface area (Å²) in [6.45, 7) is 0. The minimum Gasteiger partial charge on any atom is -0.473 e. The molecule has 1 aromatic heterocycles. The number of carbonyl (C=O) groups excluding carboxylic acids is 1. The Hall–Kier alpha value is -2.63. The van der Waals surface area contributed by atoms with E-state index in [1.807, 2.05) is 24.3 Å². The van der Waals surface area contributed by atoms with Gasteiger partial charge in [0.25, 0.3) is 0 Å². The molecule has 25 heavy (non-hydrogen) atoms. The minimum atomic E-state index is -0.131. The molecule has 3 rings (SSSR count). The number of aromatic nitrogens is 2. The number of esters is 1. The van der Waals surface area contributed by atoms with Crippen molar-refractivity contribution in [2.75, 3.05) is 12.8 Å². The van der Waals surface area contributed by atoms with Crippen molar-refractivity contribution in [3.05, 3.63) is 36.7 Å². The topological polar surface area (TPSA) is 87.3 Å². The lowest BCUT2D eigenvalue weighted by Gasteiger charge is -2.27. The van der Waals surface area contributed by atoms with Crippen LogP contribution in [0.3, 0.4) is 0 Å². The molecule has 0 radical (unpaired) electrons. The highest BCUT2D eigenvalue weighted by Crippen LogP contribution is 2.29. The minimum absolute atomic E-state index is 0.130. The number of nitrogens with two attached hydrogens (primary N) is 1. The van der Waals surface area contributed by atoms with E-state index in [4.69, 9.17) is 15.2 Å². The Bertz CT molecular complexity index is 693. The van der Waals surface area contributed by atoms with Crippen LogP contribution in [0, 0.1) is 5.92 Å². The fourth-order valence-corrected chi connectivity index (χ4v) is 3.12. The van der Waals surface area contributed by atoms with E-state index in [-0.39, 0.29) is 12.1 Å². The summed E-state index contributed by atoms with van der Waals surface area (Å²) < 4.78 is 10.7. The maximum absolute atomic E-state index is 11.3. The molecule has 0 unspecified atom stereocenters. The quantitative estimate of drug-likeness (QED) is 0.663. The molecule has 6 nitrogen and oxygen atoms in total. The summed E-state index contributed by atoms with van der Waals surface area (Å²) in [4.78, 5) is 20.1. The number of benzene rings is 1. The SMILES string of the molecule is COC(=O)CC1CCC(Oc2cnc(-c3ccc(N)cc3)cn2)CC1. The third-order valence-electron chi connectivity index (χ3n) is 4.60. The van der Waals surface area contributed by atoms with Crippen molar-refractivity contribution < 1.29 is 14.3 Å². The summed E-state index contributed by atoms with van der Waals surface area (Å²) >= 11 is 0. The largest absolute Gasteiger partial charge is 0.473 e. The van der Waals surface area contributed by atoms with Gasteiger partial charge in [0.1, 0.15) is 6.10 Å². The first-order chi connectivity index (χ1) is 12.1. The Labute approximate surface area is 147 Å². The molecule has 0 atom stereocenters. The van der Waals surface area contributed by atoms with Crippen molar-refractivity contribution in [1.82, 2.24) is 9.97 Å². The highest BCUT2D eigenvalue weighted by molar-refractivity contribution is 5.69. The molecule has 0 aliphatic heterocycles. The lowest BCUT2D eigenvalue weighted by Crippen LogP contribution is -2.25. The molecule has 1 aliphatic rings. The maximum Gasteiger partial charge on any atom is 0.305 e. The number of anilines is 1. The molecular formula is C19H23N3O3. The van der Waals surface area contributed by atoms with Crippen LogP contribution in [0.1, 0.15) is 32.1 Å². The number of hydrogen-bond acceptors (Lipinski definition) is 6. The Morgan fingerprint density at radius 1 is 1.12 bits per heavy atom. The van der Waals surface area contributed by atoms with E-state index in [1.165, 1.54) is 7.11 Å². The van der Waals surface area contributed by atoms with Gasteiger partial charge in [-0.25, -0.2) is 9.97 Å². The van der Waals surface area contributed by atoms with Crippen LogP contribution in [0.25, 0.3) is 11.3 Å². The first-order valence-corrected chi connectivity index (χ1v) is 8.55. The van der Waals surface area contributed by atoms with Crippen LogP contribution in [0.15, 0.2) is 36.7 Å². The van der Waals surface area contributed by atoms with E-state index >= 15 is 0 Å². The summed E-state index contributed by atoms with van der Waals surface area (Å²) in [6.07, 6.45) is 7.78. The number of methoxy groups -OCH3 is 1. The van der Waals surface area contributed by atoms with Crippen molar-refractivity contribution >= 4 is 11.7 Å². The van der Waals surface area contributed by atoms with E-state index < -0.39 is 0 Å². The molecule has 6 heteroatoms. The van der Waals surface area contributed by atoms with Crippen molar-refractivity contribution in [3.63, 3.8) is 0 Å². The zero-order chi connectivity index (χ0) is 17.6. The lowest BCUT2D eigenvalue weighted by molar-refractivity contribution is -0.142. The van der Waals surface area contributed by atoms with E-state index in [9.17, 15) is 4.79 Å². The summed E-state index contributed by atoms with van der Waals surface area (Å²) in [7, 11) is 1.43. The van der Waals surface area contributed by atoms with Gasteiger partial charge in [0.2, 0.25) is 5.88 Å². The average Bonchev–Trinajstić information content (AvgIpc) is 2.64. The van der Waals surface area contributed by atoms with Crippen LogP contribution in [0.5, 0.6) is 5.88 Å². The third-order valence-corrected chi connectivity index (χ3v) is 4.60. The molecule has 0 bridgehead atoms. The Kier molecular flexibility index (Phi) is 5.48. The number of nitrogens with zero attached hydrogens (tertiary/aromatic N) is 2. The Balaban J connectivity index is 1.52. The van der Waals surface area contributed by atoms with Gasteiger partial charge in [-0.3, -0.25) is 4.79 Å². The van der Waals surface area contributed by atoms with Gasteiger partial charge in [0.15, 0.2) is 0 Å². The second-order valence-electron chi connectivity index (χ2n) is 6.40. The number of rotatable bonds is 5. The first-order valence-electron chi connectivity index (χ1n) is 8.55. The van der Waals surface area contributed by atoms with Crippen LogP contribution in [-0.2, 0) is 9.53 Å². The normalized spacial score (nSPS) is 20.0. The first kappa shape index (κ1) is 17.2. The highest BCUT2D eigenvalue weighted by atomic mass is 16.5. The molecule has 0 saturated heterocycles. The summed E-state index contributed by atoms with van der Waals surface area (Å²) in [5, 5.41) is 0. The fraction of sp³-hybridized carbons (Fsp3) is 0.421. The summed E-state index contributed by atoms with van der Waals surface area (Å²) in [5.74, 6) is 0.801. The predicted molar refractivity (Wildman–Crippen MR) is 94.9 cm³/mol. The van der Waals surface area contributed by atoms with E-state index in [1.54, 1.807) is 12.4 Å². The van der Waals surface area contributed by atoms with Gasteiger partial charge in [-0.05, 0) is 43.7 Å². The fourth-order valence-electron chi connectivity index (χ4n) is 3.12. The molecule has 132 valence electrons. The van der Waals surface area contributed by atoms with Crippen molar-refractivity contribution in [2.24, 2.45) is 5.92 Å². The van der Waals surface area contributed by atoms with Crippen LogP contribution >= 0.6 is 0 Å². The second kappa shape index (κ2) is 7.96. The van der Waals surface area contributed by atoms with Gasteiger partial charge in [0, 0.05) is 17.7 Å². The zero-order valence-electron chi connectivity index (χ0n) is 14.4. The molecule has 0 spiro atoms. The smallest absolute Gasteiger partial charge is 0.305 e. The van der Waals surface area contributed by atoms with Gasteiger partial charge < -0.3 is 15.2 Å². The molecule has 1 saturated carbocycles. The molecule has 1 heterocycles. The maximum atomic E-state index is 11.3. The Morgan fingerprint density at radius 2 is 1.84 bits per heavy atom. The summed E-state index contributed by atoms with van der Waals surface area (Å²) in [6, 6.07) is 7.52. The van der Waals surface area contributed by atoms with Crippen molar-refractivity contribution in [3.8, 4) is 17.1 Å². The van der Waals surface area contributed by atoms with E-state index in [2.05, 4.69) is 9.97 Å². The van der Waals surface area contributed by atoms with E-state index in [0.717, 1.165) is 42.6 Å². The number of nitrogen functional groups attached to an aromatic ring is 1. The molecule has 1 aromatic carbocycles. The van der Waals surface area contributed by atoms with Crippen LogP contribution < -0.4 is 10.5 Å². The van der Waals surface area contributed by atoms with Crippen LogP contribution in [0.2, 0.25) is 0 Å². The molecular weight excluding hydrogens is 318 g/mol. The van der Waals surface area contributed by atoms with Gasteiger partial charge in [0.05, 0.1) is 25.2 Å². The average molecular weight is 341 g/mol. The van der Waals surface area contributed by atoms with E-state index in [0.29, 0.717) is 18.2 Å². The van der Waals surface area contributed by atoms with Gasteiger partial charge in [-0.2, -0.15) is 0 Å². The number of carbonyl (C=O) groups is 1. The molecule has 0 amide bonds. The molecule has 1 fully saturated rings. The van der Waals surface area contributed by atoms with Gasteiger partial charge in [-0.15, -0.1) is 0 Å². The summed E-state index contributed by atoms with van der Waals surface area (Å²) in [5.41, 5.74) is 8.17. The lowest BCUT2D eigenvalue weighted by atomic mass is 9.85. The number of hydrogen-bond donors (Lipinski definition) is 1. The third kappa shape index (κ3) is 4.68. The standard InChI is InChI=1S/C19H23N3O3/c1-24-19(23)10-13-2-8-16(9-3-13)25-18-12-21-17(11-22-18)14-4-6-15(20)7-5-14/h4-7,11-13,16H,2-3,8-10,20H2,1H3. The number of ether oxygens (including phenoxy) is 2. The van der Waals surface area contributed by atoms with Crippen molar-refractivity contribution in [2.45, 2.75) is 38.2 Å². The molecule has 2 N–H and O–H groups in total. The van der Waals surface area contributed by atoms with Crippen molar-refractivity contribution in [1.29, 1.82) is 0 Å². The van der Waals surface area contributed by atoms with Gasteiger partial charge in [-0.1, -0.05) is 12.1 Å². The Morgan fingerprint density at radius 3 is 2.44 bits per heavy atom. The molecule has 2 aromatic rings. The zero-order valence-corrected chi connectivity index (χ0v) is 14.4. The predicted octanol–water partition coefficient (Wildman–Crippen LogP) is 3.23. The monoisotopic (exact) mass is 341 g/mol. The van der Waals surface area contributed by atoms with Crippen LogP contribution in [0.4, 0.5) is 5.69 Å². The molecule has 1 aliphatic carbocycles.